The number of amides is 2. The van der Waals surface area contributed by atoms with Crippen molar-refractivity contribution >= 4 is 50.9 Å². The van der Waals surface area contributed by atoms with Gasteiger partial charge in [0.2, 0.25) is 0 Å². The molecular weight excluding hydrogens is 402 g/mol. The van der Waals surface area contributed by atoms with Gasteiger partial charge in [-0.15, -0.1) is 0 Å². The molecule has 1 aliphatic heterocycles. The second-order valence-electron chi connectivity index (χ2n) is 4.62. The summed E-state index contributed by atoms with van der Waals surface area (Å²) in [5.41, 5.74) is 0.611. The highest BCUT2D eigenvalue weighted by molar-refractivity contribution is 9.10. The fraction of sp³-hybridized carbons (Fsp3) is 0.267. The van der Waals surface area contributed by atoms with Crippen LogP contribution in [0, 0.1) is 0 Å². The number of carboxylic acids is 1. The highest BCUT2D eigenvalue weighted by atomic mass is 79.9. The van der Waals surface area contributed by atoms with Gasteiger partial charge >= 0.3 is 5.97 Å². The highest BCUT2D eigenvalue weighted by Gasteiger charge is 2.36. The van der Waals surface area contributed by atoms with Gasteiger partial charge in [-0.1, -0.05) is 15.9 Å². The zero-order valence-corrected chi connectivity index (χ0v) is 15.3. The molecule has 0 spiro atoms. The van der Waals surface area contributed by atoms with Crippen LogP contribution in [0.2, 0.25) is 0 Å². The van der Waals surface area contributed by atoms with Gasteiger partial charge in [-0.2, -0.15) is 0 Å². The van der Waals surface area contributed by atoms with E-state index in [4.69, 9.17) is 14.6 Å². The topological polar surface area (TPSA) is 93.1 Å². The van der Waals surface area contributed by atoms with Crippen LogP contribution in [0.5, 0.6) is 11.5 Å². The zero-order valence-electron chi connectivity index (χ0n) is 12.9. The number of hydrogen-bond donors (Lipinski definition) is 1. The summed E-state index contributed by atoms with van der Waals surface area (Å²) in [5, 5.41) is 8.16. The molecule has 7 nitrogen and oxygen atoms in total. The normalized spacial score (nSPS) is 16.0. The second kappa shape index (κ2) is 7.71. The molecule has 0 atom stereocenters. The van der Waals surface area contributed by atoms with Crippen LogP contribution >= 0.6 is 27.7 Å². The molecule has 0 aliphatic carbocycles. The minimum Gasteiger partial charge on any atom is -0.493 e. The van der Waals surface area contributed by atoms with Gasteiger partial charge in [0, 0.05) is 4.47 Å². The van der Waals surface area contributed by atoms with Crippen LogP contribution < -0.4 is 9.47 Å². The van der Waals surface area contributed by atoms with Gasteiger partial charge in [-0.25, -0.2) is 0 Å². The quantitative estimate of drug-likeness (QED) is 0.713. The Morgan fingerprint density at radius 1 is 1.38 bits per heavy atom. The summed E-state index contributed by atoms with van der Waals surface area (Å²) < 4.78 is 11.4. The Morgan fingerprint density at radius 2 is 2.08 bits per heavy atom. The first kappa shape index (κ1) is 18.3. The fourth-order valence-corrected chi connectivity index (χ4v) is 3.27. The molecular formula is C15H14BrNO6S. The average molecular weight is 416 g/mol. The van der Waals surface area contributed by atoms with Crippen molar-refractivity contribution in [1.82, 2.24) is 4.90 Å². The predicted octanol–water partition coefficient (Wildman–Crippen LogP) is 2.98. The van der Waals surface area contributed by atoms with Gasteiger partial charge < -0.3 is 14.6 Å². The largest absolute Gasteiger partial charge is 0.493 e. The molecule has 1 heterocycles. The lowest BCUT2D eigenvalue weighted by molar-refractivity contribution is -0.140. The summed E-state index contributed by atoms with van der Waals surface area (Å²) in [6.45, 7) is 1.61. The predicted molar refractivity (Wildman–Crippen MR) is 92.2 cm³/mol. The van der Waals surface area contributed by atoms with Crippen LogP contribution in [0.1, 0.15) is 12.5 Å². The summed E-state index contributed by atoms with van der Waals surface area (Å²) >= 11 is 4.08. The Hall–Kier alpha value is -2.00. The van der Waals surface area contributed by atoms with E-state index < -0.39 is 23.7 Å². The third-order valence-electron chi connectivity index (χ3n) is 3.04. The van der Waals surface area contributed by atoms with E-state index in [0.717, 1.165) is 0 Å². The number of methoxy groups -OCH3 is 1. The van der Waals surface area contributed by atoms with E-state index in [-0.39, 0.29) is 4.91 Å². The molecule has 0 aromatic heterocycles. The van der Waals surface area contributed by atoms with Gasteiger partial charge in [0.1, 0.15) is 6.54 Å². The number of nitrogens with zero attached hydrogens (tertiary/aromatic N) is 1. The van der Waals surface area contributed by atoms with Crippen molar-refractivity contribution in [2.24, 2.45) is 0 Å². The van der Waals surface area contributed by atoms with Gasteiger partial charge in [-0.05, 0) is 42.5 Å². The van der Waals surface area contributed by atoms with Gasteiger partial charge in [0.15, 0.2) is 11.5 Å². The van der Waals surface area contributed by atoms with Crippen LogP contribution in [0.25, 0.3) is 6.08 Å². The number of carboxylic acid groups (broad SMARTS) is 1. The minimum absolute atomic E-state index is 0.148. The van der Waals surface area contributed by atoms with Crippen molar-refractivity contribution in [3.63, 3.8) is 0 Å². The number of halogens is 1. The van der Waals surface area contributed by atoms with Crippen molar-refractivity contribution < 1.29 is 29.0 Å². The summed E-state index contributed by atoms with van der Waals surface area (Å²) in [4.78, 5) is 35.5. The van der Waals surface area contributed by atoms with Crippen molar-refractivity contribution in [2.75, 3.05) is 20.3 Å². The molecule has 0 bridgehead atoms. The maximum atomic E-state index is 12.2. The number of aliphatic carboxylic acids is 1. The summed E-state index contributed by atoms with van der Waals surface area (Å²) in [6.07, 6.45) is 1.51. The van der Waals surface area contributed by atoms with E-state index in [2.05, 4.69) is 15.9 Å². The number of benzene rings is 1. The third-order valence-corrected chi connectivity index (χ3v) is 4.63. The maximum Gasteiger partial charge on any atom is 0.323 e. The summed E-state index contributed by atoms with van der Waals surface area (Å²) in [5.74, 6) is -0.852. The number of carbonyl (C=O) groups excluding carboxylic acids is 2. The molecule has 128 valence electrons. The molecule has 24 heavy (non-hydrogen) atoms. The van der Waals surface area contributed by atoms with Crippen molar-refractivity contribution in [3.05, 3.63) is 27.1 Å². The van der Waals surface area contributed by atoms with E-state index in [1.807, 2.05) is 6.92 Å². The van der Waals surface area contributed by atoms with E-state index in [1.165, 1.54) is 13.2 Å². The lowest BCUT2D eigenvalue weighted by atomic mass is 10.2. The fourth-order valence-electron chi connectivity index (χ4n) is 2.00. The standard InChI is InChI=1S/C15H14BrNO6S/c1-3-23-11-4-8(9(16)6-10(11)22-2)5-12-14(20)17(7-13(18)19)15(21)24-12/h4-6H,3,7H2,1-2H3,(H,18,19)/b12-5+. The van der Waals surface area contributed by atoms with Crippen LogP contribution in [-0.4, -0.2) is 47.4 Å². The third kappa shape index (κ3) is 3.90. The SMILES string of the molecule is CCOc1cc(/C=C2/SC(=O)N(CC(=O)O)C2=O)c(Br)cc1OC. The molecule has 2 rings (SSSR count). The van der Waals surface area contributed by atoms with Crippen LogP contribution in [0.3, 0.4) is 0 Å². The van der Waals surface area contributed by atoms with Crippen molar-refractivity contribution in [1.29, 1.82) is 0 Å². The first-order valence-electron chi connectivity index (χ1n) is 6.84. The van der Waals surface area contributed by atoms with Gasteiger partial charge in [0.25, 0.3) is 11.1 Å². The van der Waals surface area contributed by atoms with E-state index in [9.17, 15) is 14.4 Å². The monoisotopic (exact) mass is 415 g/mol. The Morgan fingerprint density at radius 3 is 2.67 bits per heavy atom. The molecule has 1 N–H and O–H groups in total. The molecule has 0 radical (unpaired) electrons. The molecule has 9 heteroatoms. The Labute approximate surface area is 150 Å². The summed E-state index contributed by atoms with van der Waals surface area (Å²) in [6, 6.07) is 3.37. The lowest BCUT2D eigenvalue weighted by Gasteiger charge is -2.12. The maximum absolute atomic E-state index is 12.2. The number of imide groups is 1. The van der Waals surface area contributed by atoms with Crippen LogP contribution in [0.4, 0.5) is 4.79 Å². The first-order valence-corrected chi connectivity index (χ1v) is 8.45. The number of thioether (sulfide) groups is 1. The molecule has 0 saturated carbocycles. The smallest absolute Gasteiger partial charge is 0.323 e. The van der Waals surface area contributed by atoms with Crippen molar-refractivity contribution in [2.45, 2.75) is 6.92 Å². The first-order chi connectivity index (χ1) is 11.4. The molecule has 1 aliphatic rings. The van der Waals surface area contributed by atoms with E-state index >= 15 is 0 Å². The molecule has 1 aromatic carbocycles. The van der Waals surface area contributed by atoms with Crippen LogP contribution in [-0.2, 0) is 9.59 Å². The number of hydrogen-bond acceptors (Lipinski definition) is 6. The molecule has 2 amide bonds. The van der Waals surface area contributed by atoms with Crippen LogP contribution in [0.15, 0.2) is 21.5 Å². The average Bonchev–Trinajstić information content (AvgIpc) is 2.77. The second-order valence-corrected chi connectivity index (χ2v) is 6.47. The van der Waals surface area contributed by atoms with E-state index in [0.29, 0.717) is 44.8 Å². The number of rotatable bonds is 6. The zero-order chi connectivity index (χ0) is 17.9. The van der Waals surface area contributed by atoms with Gasteiger partial charge in [0.05, 0.1) is 18.6 Å². The lowest BCUT2D eigenvalue weighted by Crippen LogP contribution is -2.33. The van der Waals surface area contributed by atoms with Crippen molar-refractivity contribution in [3.8, 4) is 11.5 Å². The number of carbonyl (C=O) groups is 3. The Bertz CT molecular complexity index is 733. The van der Waals surface area contributed by atoms with Gasteiger partial charge in [-0.3, -0.25) is 19.3 Å². The Balaban J connectivity index is 2.37. The Kier molecular flexibility index (Phi) is 5.89. The molecule has 1 fully saturated rings. The molecule has 0 unspecified atom stereocenters. The molecule has 1 aromatic rings. The van der Waals surface area contributed by atoms with E-state index in [1.54, 1.807) is 12.1 Å². The highest BCUT2D eigenvalue weighted by Crippen LogP contribution is 2.37. The summed E-state index contributed by atoms with van der Waals surface area (Å²) in [7, 11) is 1.52. The number of ether oxygens (including phenoxy) is 2. The minimum atomic E-state index is -1.25. The molecule has 1 saturated heterocycles.